The molecule has 0 amide bonds. The summed E-state index contributed by atoms with van der Waals surface area (Å²) in [4.78, 5) is 24.1. The zero-order valence-electron chi connectivity index (χ0n) is 21.1. The van der Waals surface area contributed by atoms with Crippen LogP contribution < -0.4 is 0 Å². The Hall–Kier alpha value is -5.23. The van der Waals surface area contributed by atoms with Crippen LogP contribution in [0.1, 0.15) is 18.7 Å². The number of rotatable bonds is 5. The van der Waals surface area contributed by atoms with Gasteiger partial charge in [-0.25, -0.2) is 19.9 Å². The quantitative estimate of drug-likeness (QED) is 0.246. The first-order valence-corrected chi connectivity index (χ1v) is 13.0. The van der Waals surface area contributed by atoms with Crippen LogP contribution in [0.25, 0.3) is 56.5 Å². The van der Waals surface area contributed by atoms with E-state index in [2.05, 4.69) is 46.0 Å². The Morgan fingerprint density at radius 3 is 2.18 bits per heavy atom. The molecule has 3 aromatic carbocycles. The lowest BCUT2D eigenvalue weighted by Crippen LogP contribution is -2.06. The van der Waals surface area contributed by atoms with Crippen molar-refractivity contribution in [2.24, 2.45) is 0 Å². The summed E-state index contributed by atoms with van der Waals surface area (Å²) < 4.78 is 2.19. The summed E-state index contributed by atoms with van der Waals surface area (Å²) in [5.74, 6) is 2.78. The lowest BCUT2D eigenvalue weighted by molar-refractivity contribution is 1.00. The van der Waals surface area contributed by atoms with Crippen LogP contribution in [0.3, 0.4) is 0 Å². The molecule has 0 saturated carbocycles. The van der Waals surface area contributed by atoms with E-state index >= 15 is 0 Å². The standard InChI is InChI=1S/C33H24N6/c1-3-11-23(12-4-1)30-36-31(24-13-5-2-6-14-24)38-32(37-30)26-15-7-9-17-28(26)39-29-18-10-8-16-27(29)35-33(39)25-19-21-34-22-20-25/h1,3-5,7-22H,2,6H2. The average Bonchev–Trinajstić information content (AvgIpc) is 3.42. The van der Waals surface area contributed by atoms with E-state index in [9.17, 15) is 0 Å². The third-order valence-electron chi connectivity index (χ3n) is 6.81. The van der Waals surface area contributed by atoms with E-state index in [0.29, 0.717) is 17.5 Å². The highest BCUT2D eigenvalue weighted by Gasteiger charge is 2.20. The van der Waals surface area contributed by atoms with Gasteiger partial charge in [-0.2, -0.15) is 0 Å². The summed E-state index contributed by atoms with van der Waals surface area (Å²) in [6.45, 7) is 0. The first-order chi connectivity index (χ1) is 19.3. The van der Waals surface area contributed by atoms with Gasteiger partial charge in [-0.15, -0.1) is 0 Å². The summed E-state index contributed by atoms with van der Waals surface area (Å²) in [6, 6.07) is 30.4. The Bertz CT molecular complexity index is 1850. The molecular weight excluding hydrogens is 480 g/mol. The van der Waals surface area contributed by atoms with Gasteiger partial charge in [-0.3, -0.25) is 9.55 Å². The van der Waals surface area contributed by atoms with Crippen molar-refractivity contribution in [3.63, 3.8) is 0 Å². The topological polar surface area (TPSA) is 69.4 Å². The lowest BCUT2D eigenvalue weighted by atomic mass is 10.1. The molecule has 6 nitrogen and oxygen atoms in total. The minimum absolute atomic E-state index is 0.618. The third-order valence-corrected chi connectivity index (χ3v) is 6.81. The maximum absolute atomic E-state index is 5.02. The maximum Gasteiger partial charge on any atom is 0.166 e. The van der Waals surface area contributed by atoms with Gasteiger partial charge in [0.25, 0.3) is 0 Å². The van der Waals surface area contributed by atoms with Crippen LogP contribution >= 0.6 is 0 Å². The van der Waals surface area contributed by atoms with Crippen molar-refractivity contribution in [3.05, 3.63) is 127 Å². The van der Waals surface area contributed by atoms with Gasteiger partial charge in [0, 0.05) is 34.7 Å². The average molecular weight is 505 g/mol. The Balaban J connectivity index is 1.49. The molecule has 7 rings (SSSR count). The predicted molar refractivity (Wildman–Crippen MR) is 155 cm³/mol. The molecule has 1 aliphatic rings. The highest BCUT2D eigenvalue weighted by atomic mass is 15.1. The van der Waals surface area contributed by atoms with Crippen LogP contribution in [0, 0.1) is 0 Å². The molecule has 0 fully saturated rings. The predicted octanol–water partition coefficient (Wildman–Crippen LogP) is 7.34. The molecule has 6 heteroatoms. The molecule has 0 aliphatic heterocycles. The molecule has 0 unspecified atom stereocenters. The molecule has 0 N–H and O–H groups in total. The zero-order chi connectivity index (χ0) is 26.0. The van der Waals surface area contributed by atoms with E-state index in [0.717, 1.165) is 57.7 Å². The van der Waals surface area contributed by atoms with Gasteiger partial charge >= 0.3 is 0 Å². The molecule has 3 aromatic heterocycles. The molecule has 186 valence electrons. The number of fused-ring (bicyclic) bond motifs is 1. The van der Waals surface area contributed by atoms with E-state index in [4.69, 9.17) is 19.9 Å². The summed E-state index contributed by atoms with van der Waals surface area (Å²) in [5, 5.41) is 0. The fraction of sp³-hybridized carbons (Fsp3) is 0.0606. The van der Waals surface area contributed by atoms with Crippen molar-refractivity contribution in [1.29, 1.82) is 0 Å². The van der Waals surface area contributed by atoms with Crippen LogP contribution in [0.2, 0.25) is 0 Å². The number of benzene rings is 3. The first kappa shape index (κ1) is 22.9. The van der Waals surface area contributed by atoms with Crippen molar-refractivity contribution in [2.75, 3.05) is 0 Å². The number of allylic oxidation sites excluding steroid dienone is 4. The minimum Gasteiger partial charge on any atom is -0.292 e. The maximum atomic E-state index is 5.02. The molecule has 0 spiro atoms. The Morgan fingerprint density at radius 1 is 0.590 bits per heavy atom. The minimum atomic E-state index is 0.618. The van der Waals surface area contributed by atoms with Gasteiger partial charge in [-0.05, 0) is 49.2 Å². The van der Waals surface area contributed by atoms with Crippen LogP contribution in [0.5, 0.6) is 0 Å². The number of pyridine rings is 1. The smallest absolute Gasteiger partial charge is 0.166 e. The van der Waals surface area contributed by atoms with Gasteiger partial charge in [-0.1, -0.05) is 72.8 Å². The van der Waals surface area contributed by atoms with E-state index < -0.39 is 0 Å². The zero-order valence-corrected chi connectivity index (χ0v) is 21.1. The number of imidazole rings is 1. The third kappa shape index (κ3) is 4.32. The van der Waals surface area contributed by atoms with Crippen molar-refractivity contribution in [3.8, 4) is 39.9 Å². The number of hydrogen-bond acceptors (Lipinski definition) is 5. The van der Waals surface area contributed by atoms with Crippen molar-refractivity contribution in [1.82, 2.24) is 29.5 Å². The largest absolute Gasteiger partial charge is 0.292 e. The normalized spacial score (nSPS) is 13.0. The second-order valence-electron chi connectivity index (χ2n) is 9.32. The molecular formula is C33H24N6. The fourth-order valence-electron chi connectivity index (χ4n) is 4.94. The highest BCUT2D eigenvalue weighted by molar-refractivity contribution is 5.86. The summed E-state index contributed by atoms with van der Waals surface area (Å²) in [6.07, 6.45) is 12.1. The van der Waals surface area contributed by atoms with Crippen LogP contribution in [0.15, 0.2) is 122 Å². The van der Waals surface area contributed by atoms with E-state index in [1.807, 2.05) is 72.8 Å². The lowest BCUT2D eigenvalue weighted by Gasteiger charge is -2.15. The van der Waals surface area contributed by atoms with E-state index in [1.165, 1.54) is 0 Å². The van der Waals surface area contributed by atoms with Crippen LogP contribution in [-0.4, -0.2) is 29.5 Å². The first-order valence-electron chi connectivity index (χ1n) is 13.0. The number of nitrogens with zero attached hydrogens (tertiary/aromatic N) is 6. The molecule has 39 heavy (non-hydrogen) atoms. The Morgan fingerprint density at radius 2 is 1.33 bits per heavy atom. The second kappa shape index (κ2) is 9.91. The molecule has 0 bridgehead atoms. The van der Waals surface area contributed by atoms with Crippen LogP contribution in [0.4, 0.5) is 0 Å². The monoisotopic (exact) mass is 504 g/mol. The summed E-state index contributed by atoms with van der Waals surface area (Å²) >= 11 is 0. The Labute approximate surface area is 226 Å². The van der Waals surface area contributed by atoms with Crippen LogP contribution in [-0.2, 0) is 0 Å². The molecule has 0 atom stereocenters. The van der Waals surface area contributed by atoms with E-state index in [-0.39, 0.29) is 0 Å². The van der Waals surface area contributed by atoms with Gasteiger partial charge in [0.2, 0.25) is 0 Å². The van der Waals surface area contributed by atoms with Crippen molar-refractivity contribution < 1.29 is 0 Å². The number of hydrogen-bond donors (Lipinski definition) is 0. The fourth-order valence-corrected chi connectivity index (χ4v) is 4.94. The van der Waals surface area contributed by atoms with Gasteiger partial charge in [0.1, 0.15) is 5.82 Å². The molecule has 0 radical (unpaired) electrons. The molecule has 3 heterocycles. The number of para-hydroxylation sites is 3. The number of aromatic nitrogens is 6. The van der Waals surface area contributed by atoms with Crippen molar-refractivity contribution >= 4 is 16.6 Å². The SMILES string of the molecule is C1=CC(c2nc(-c3ccccc3)nc(-c3ccccc3-n3c(-c4ccncc4)nc4ccccc43)n2)=CCC1. The molecule has 0 saturated heterocycles. The summed E-state index contributed by atoms with van der Waals surface area (Å²) in [7, 11) is 0. The summed E-state index contributed by atoms with van der Waals surface area (Å²) in [5.41, 5.74) is 6.72. The van der Waals surface area contributed by atoms with Gasteiger partial charge < -0.3 is 0 Å². The van der Waals surface area contributed by atoms with E-state index in [1.54, 1.807) is 12.4 Å². The Kier molecular flexibility index (Phi) is 5.83. The van der Waals surface area contributed by atoms with Crippen molar-refractivity contribution in [2.45, 2.75) is 12.8 Å². The molecule has 1 aliphatic carbocycles. The molecule has 6 aromatic rings. The second-order valence-corrected chi connectivity index (χ2v) is 9.32. The highest BCUT2D eigenvalue weighted by Crippen LogP contribution is 2.34. The van der Waals surface area contributed by atoms with Gasteiger partial charge in [0.15, 0.2) is 17.5 Å². The van der Waals surface area contributed by atoms with Gasteiger partial charge in [0.05, 0.1) is 16.7 Å².